The topological polar surface area (TPSA) is 38.7 Å². The number of nitrogens with zero attached hydrogens (tertiary/aromatic N) is 3. The van der Waals surface area contributed by atoms with Gasteiger partial charge in [-0.15, -0.1) is 0 Å². The second kappa shape index (κ2) is 10.3. The lowest BCUT2D eigenvalue weighted by Gasteiger charge is -2.10. The van der Waals surface area contributed by atoms with Crippen LogP contribution < -0.4 is 0 Å². The summed E-state index contributed by atoms with van der Waals surface area (Å²) < 4.78 is 1.07. The summed E-state index contributed by atoms with van der Waals surface area (Å²) in [6.07, 6.45) is 0. The van der Waals surface area contributed by atoms with Gasteiger partial charge in [0.25, 0.3) is 0 Å². The third-order valence-electron chi connectivity index (χ3n) is 6.17. The van der Waals surface area contributed by atoms with Gasteiger partial charge in [0.05, 0.1) is 0 Å². The van der Waals surface area contributed by atoms with E-state index in [4.69, 9.17) is 15.0 Å². The van der Waals surface area contributed by atoms with Gasteiger partial charge in [0.1, 0.15) is 0 Å². The van der Waals surface area contributed by atoms with Crippen LogP contribution in [0.4, 0.5) is 0 Å². The number of halogens is 1. The first-order valence-electron chi connectivity index (χ1n) is 12.1. The molecular formula is C33H22BrN3. The summed E-state index contributed by atoms with van der Waals surface area (Å²) in [6, 6.07) is 45.4. The van der Waals surface area contributed by atoms with Crippen LogP contribution in [-0.2, 0) is 0 Å². The Morgan fingerprint density at radius 2 is 0.676 bits per heavy atom. The van der Waals surface area contributed by atoms with Crippen LogP contribution in [0.3, 0.4) is 0 Å². The van der Waals surface area contributed by atoms with E-state index in [1.165, 1.54) is 11.1 Å². The molecule has 176 valence electrons. The van der Waals surface area contributed by atoms with Crippen LogP contribution in [0.15, 0.2) is 138 Å². The van der Waals surface area contributed by atoms with Crippen molar-refractivity contribution in [2.75, 3.05) is 0 Å². The van der Waals surface area contributed by atoms with E-state index in [0.717, 1.165) is 32.3 Å². The molecule has 37 heavy (non-hydrogen) atoms. The van der Waals surface area contributed by atoms with E-state index in [-0.39, 0.29) is 0 Å². The Morgan fingerprint density at radius 3 is 1.16 bits per heavy atom. The highest BCUT2D eigenvalue weighted by molar-refractivity contribution is 9.10. The van der Waals surface area contributed by atoms with Crippen LogP contribution in [0.5, 0.6) is 0 Å². The lowest BCUT2D eigenvalue weighted by Crippen LogP contribution is -2.00. The van der Waals surface area contributed by atoms with Crippen LogP contribution >= 0.6 is 15.9 Å². The van der Waals surface area contributed by atoms with E-state index in [1.54, 1.807) is 0 Å². The minimum absolute atomic E-state index is 0.651. The standard InChI is InChI=1S/C33H22BrN3/c34-30-19-9-17-28(22-30)26-15-7-14-25(20-26)27-16-8-18-29(21-27)33-36-31(23-10-3-1-4-11-23)35-32(37-33)24-12-5-2-6-13-24/h1-22H. The van der Waals surface area contributed by atoms with Crippen molar-refractivity contribution in [2.24, 2.45) is 0 Å². The van der Waals surface area contributed by atoms with Crippen molar-refractivity contribution in [3.63, 3.8) is 0 Å². The molecule has 0 unspecified atom stereocenters. The highest BCUT2D eigenvalue weighted by atomic mass is 79.9. The van der Waals surface area contributed by atoms with Crippen molar-refractivity contribution in [3.05, 3.63) is 138 Å². The Labute approximate surface area is 224 Å². The molecular weight excluding hydrogens is 518 g/mol. The van der Waals surface area contributed by atoms with Crippen LogP contribution in [-0.4, -0.2) is 15.0 Å². The fourth-order valence-corrected chi connectivity index (χ4v) is 4.72. The zero-order chi connectivity index (χ0) is 25.0. The number of benzene rings is 5. The summed E-state index contributed by atoms with van der Waals surface area (Å²) in [4.78, 5) is 14.6. The van der Waals surface area contributed by atoms with Crippen molar-refractivity contribution < 1.29 is 0 Å². The number of hydrogen-bond donors (Lipinski definition) is 0. The first-order chi connectivity index (χ1) is 18.2. The van der Waals surface area contributed by atoms with E-state index in [1.807, 2.05) is 66.7 Å². The predicted octanol–water partition coefficient (Wildman–Crippen LogP) is 8.97. The van der Waals surface area contributed by atoms with Crippen LogP contribution in [0, 0.1) is 0 Å². The molecule has 5 aromatic carbocycles. The van der Waals surface area contributed by atoms with Crippen molar-refractivity contribution in [2.45, 2.75) is 0 Å². The Balaban J connectivity index is 1.44. The minimum Gasteiger partial charge on any atom is -0.208 e. The normalized spacial score (nSPS) is 10.8. The Kier molecular flexibility index (Phi) is 6.40. The Morgan fingerprint density at radius 1 is 0.324 bits per heavy atom. The molecule has 0 aliphatic rings. The van der Waals surface area contributed by atoms with Crippen molar-refractivity contribution in [1.82, 2.24) is 15.0 Å². The molecule has 0 aliphatic carbocycles. The Bertz CT molecular complexity index is 1620. The van der Waals surface area contributed by atoms with Crippen molar-refractivity contribution in [1.29, 1.82) is 0 Å². The van der Waals surface area contributed by atoms with Gasteiger partial charge in [-0.25, -0.2) is 15.0 Å². The highest BCUT2D eigenvalue weighted by Crippen LogP contribution is 2.31. The average Bonchev–Trinajstić information content (AvgIpc) is 2.98. The molecule has 0 amide bonds. The minimum atomic E-state index is 0.651. The molecule has 3 nitrogen and oxygen atoms in total. The molecule has 6 rings (SSSR count). The molecule has 0 atom stereocenters. The molecule has 0 spiro atoms. The second-order valence-electron chi connectivity index (χ2n) is 8.71. The van der Waals surface area contributed by atoms with E-state index in [9.17, 15) is 0 Å². The van der Waals surface area contributed by atoms with Gasteiger partial charge in [0.15, 0.2) is 17.5 Å². The molecule has 0 saturated heterocycles. The summed E-state index contributed by atoms with van der Waals surface area (Å²) >= 11 is 3.58. The lowest BCUT2D eigenvalue weighted by atomic mass is 9.98. The molecule has 0 radical (unpaired) electrons. The van der Waals surface area contributed by atoms with Crippen LogP contribution in [0.25, 0.3) is 56.4 Å². The predicted molar refractivity (Wildman–Crippen MR) is 155 cm³/mol. The average molecular weight is 540 g/mol. The molecule has 1 aromatic heterocycles. The SMILES string of the molecule is Brc1cccc(-c2cccc(-c3cccc(-c4nc(-c5ccccc5)nc(-c5ccccc5)n4)c3)c2)c1. The van der Waals surface area contributed by atoms with E-state index in [2.05, 4.69) is 82.7 Å². The smallest absolute Gasteiger partial charge is 0.164 e. The highest BCUT2D eigenvalue weighted by Gasteiger charge is 2.13. The molecule has 0 aliphatic heterocycles. The molecule has 1 heterocycles. The maximum absolute atomic E-state index is 4.88. The molecule has 0 fully saturated rings. The zero-order valence-corrected chi connectivity index (χ0v) is 21.5. The first kappa shape index (κ1) is 23.0. The van der Waals surface area contributed by atoms with E-state index in [0.29, 0.717) is 17.5 Å². The maximum atomic E-state index is 4.88. The Hall–Kier alpha value is -4.41. The molecule has 4 heteroatoms. The van der Waals surface area contributed by atoms with Gasteiger partial charge < -0.3 is 0 Å². The summed E-state index contributed by atoms with van der Waals surface area (Å²) in [7, 11) is 0. The van der Waals surface area contributed by atoms with Crippen molar-refractivity contribution in [3.8, 4) is 56.4 Å². The second-order valence-corrected chi connectivity index (χ2v) is 9.63. The molecule has 0 bridgehead atoms. The summed E-state index contributed by atoms with van der Waals surface area (Å²) in [5, 5.41) is 0. The van der Waals surface area contributed by atoms with Gasteiger partial charge >= 0.3 is 0 Å². The zero-order valence-electron chi connectivity index (χ0n) is 19.9. The summed E-state index contributed by atoms with van der Waals surface area (Å²) in [6.45, 7) is 0. The van der Waals surface area contributed by atoms with E-state index < -0.39 is 0 Å². The molecule has 0 N–H and O–H groups in total. The summed E-state index contributed by atoms with van der Waals surface area (Å²) in [5.74, 6) is 1.97. The third-order valence-corrected chi connectivity index (χ3v) is 6.67. The van der Waals surface area contributed by atoms with Crippen molar-refractivity contribution >= 4 is 15.9 Å². The van der Waals surface area contributed by atoms with Gasteiger partial charge in [-0.1, -0.05) is 125 Å². The number of hydrogen-bond acceptors (Lipinski definition) is 3. The van der Waals surface area contributed by atoms with E-state index >= 15 is 0 Å². The third kappa shape index (κ3) is 5.11. The van der Waals surface area contributed by atoms with Gasteiger partial charge in [0, 0.05) is 21.2 Å². The maximum Gasteiger partial charge on any atom is 0.164 e. The fraction of sp³-hybridized carbons (Fsp3) is 0. The largest absolute Gasteiger partial charge is 0.208 e. The van der Waals surface area contributed by atoms with Gasteiger partial charge in [-0.2, -0.15) is 0 Å². The van der Waals surface area contributed by atoms with Gasteiger partial charge in [0.2, 0.25) is 0 Å². The monoisotopic (exact) mass is 539 g/mol. The number of rotatable bonds is 5. The molecule has 6 aromatic rings. The molecule has 0 saturated carbocycles. The number of aromatic nitrogens is 3. The quantitative estimate of drug-likeness (QED) is 0.219. The first-order valence-corrected chi connectivity index (χ1v) is 12.9. The van der Waals surface area contributed by atoms with Crippen LogP contribution in [0.2, 0.25) is 0 Å². The fourth-order valence-electron chi connectivity index (χ4n) is 4.32. The van der Waals surface area contributed by atoms with Crippen LogP contribution in [0.1, 0.15) is 0 Å². The van der Waals surface area contributed by atoms with Gasteiger partial charge in [-0.05, 0) is 46.5 Å². The van der Waals surface area contributed by atoms with Gasteiger partial charge in [-0.3, -0.25) is 0 Å². The summed E-state index contributed by atoms with van der Waals surface area (Å²) in [5.41, 5.74) is 7.45. The lowest BCUT2D eigenvalue weighted by molar-refractivity contribution is 1.07.